The zero-order valence-corrected chi connectivity index (χ0v) is 20.4. The number of nitrogens with one attached hydrogen (secondary N) is 1. The van der Waals surface area contributed by atoms with Gasteiger partial charge in [-0.3, -0.25) is 4.90 Å². The van der Waals surface area contributed by atoms with Gasteiger partial charge in [0.15, 0.2) is 0 Å². The normalized spacial score (nSPS) is 23.7. The Kier molecular flexibility index (Phi) is 5.24. The van der Waals surface area contributed by atoms with E-state index in [0.717, 1.165) is 25.1 Å². The predicted octanol–water partition coefficient (Wildman–Crippen LogP) is 6.65. The van der Waals surface area contributed by atoms with Crippen molar-refractivity contribution < 1.29 is 4.74 Å². The van der Waals surface area contributed by atoms with Gasteiger partial charge in [-0.25, -0.2) is 0 Å². The lowest BCUT2D eigenvalue weighted by atomic mass is 9.66. The second-order valence-electron chi connectivity index (χ2n) is 9.44. The van der Waals surface area contributed by atoms with Crippen molar-refractivity contribution in [3.05, 3.63) is 70.9 Å². The number of hydrogen-bond acceptors (Lipinski definition) is 3. The Morgan fingerprint density at radius 2 is 2.00 bits per heavy atom. The van der Waals surface area contributed by atoms with E-state index in [2.05, 4.69) is 52.0 Å². The SMILES string of the molecule is CC[C@@]12C=C(COC(=S)Nc3ccc(Cl)cc3)n3c4c(c5ccccc53)CCN(CCC1)[C@H]42. The van der Waals surface area contributed by atoms with E-state index in [4.69, 9.17) is 28.6 Å². The Labute approximate surface area is 205 Å². The fourth-order valence-corrected chi connectivity index (χ4v) is 6.62. The summed E-state index contributed by atoms with van der Waals surface area (Å²) in [6.07, 6.45) is 7.24. The van der Waals surface area contributed by atoms with Crippen LogP contribution < -0.4 is 5.32 Å². The van der Waals surface area contributed by atoms with Crippen molar-refractivity contribution in [3.8, 4) is 0 Å². The van der Waals surface area contributed by atoms with Gasteiger partial charge in [-0.15, -0.1) is 0 Å². The molecule has 3 aliphatic heterocycles. The van der Waals surface area contributed by atoms with E-state index in [9.17, 15) is 0 Å². The number of ether oxygens (including phenoxy) is 1. The first-order valence-corrected chi connectivity index (χ1v) is 12.7. The number of aromatic nitrogens is 1. The van der Waals surface area contributed by atoms with Crippen LogP contribution in [0.3, 0.4) is 0 Å². The zero-order valence-electron chi connectivity index (χ0n) is 18.8. The summed E-state index contributed by atoms with van der Waals surface area (Å²) in [5, 5.41) is 5.64. The molecule has 1 aromatic heterocycles. The molecule has 0 radical (unpaired) electrons. The molecule has 1 fully saturated rings. The van der Waals surface area contributed by atoms with Gasteiger partial charge in [0, 0.05) is 33.7 Å². The molecule has 3 aromatic rings. The smallest absolute Gasteiger partial charge is 0.261 e. The molecule has 170 valence electrons. The van der Waals surface area contributed by atoms with Gasteiger partial charge in [0.25, 0.3) is 5.17 Å². The molecule has 4 nitrogen and oxygen atoms in total. The molecule has 6 heteroatoms. The molecular weight excluding hydrogens is 450 g/mol. The highest BCUT2D eigenvalue weighted by Gasteiger charge is 2.50. The number of anilines is 1. The van der Waals surface area contributed by atoms with Crippen LogP contribution in [0, 0.1) is 5.41 Å². The number of piperidine rings is 1. The van der Waals surface area contributed by atoms with E-state index in [1.54, 1.807) is 0 Å². The molecule has 3 aliphatic rings. The molecule has 0 spiro atoms. The van der Waals surface area contributed by atoms with E-state index in [1.807, 2.05) is 24.3 Å². The Morgan fingerprint density at radius 3 is 2.82 bits per heavy atom. The van der Waals surface area contributed by atoms with E-state index in [-0.39, 0.29) is 5.41 Å². The lowest BCUT2D eigenvalue weighted by Crippen LogP contribution is -2.50. The number of para-hydroxylation sites is 1. The standard InChI is InChI=1S/C27H28ClN3OS/c1-2-27-13-5-14-30-15-12-22-21-6-3-4-7-23(21)31(24(22)25(27)30)20(16-27)17-32-26(33)29-19-10-8-18(28)9-11-19/h3-4,6-11,16,25H,2,5,12-15,17H2,1H3,(H,29,33)/t25-,27+/m1/s1. The molecule has 1 N–H and O–H groups in total. The first-order chi connectivity index (χ1) is 16.1. The van der Waals surface area contributed by atoms with Crippen LogP contribution in [-0.4, -0.2) is 34.3 Å². The highest BCUT2D eigenvalue weighted by Crippen LogP contribution is 2.56. The van der Waals surface area contributed by atoms with Crippen molar-refractivity contribution in [2.75, 3.05) is 25.0 Å². The number of nitrogens with zero attached hydrogens (tertiary/aromatic N) is 2. The largest absolute Gasteiger partial charge is 0.464 e. The van der Waals surface area contributed by atoms with Crippen LogP contribution in [0.2, 0.25) is 5.02 Å². The molecule has 0 aliphatic carbocycles. The maximum atomic E-state index is 6.13. The Balaban J connectivity index is 1.38. The molecule has 0 bridgehead atoms. The Morgan fingerprint density at radius 1 is 1.18 bits per heavy atom. The average Bonchev–Trinajstić information content (AvgIpc) is 3.18. The minimum Gasteiger partial charge on any atom is -0.464 e. The average molecular weight is 478 g/mol. The summed E-state index contributed by atoms with van der Waals surface area (Å²) in [6.45, 7) is 5.14. The van der Waals surface area contributed by atoms with Crippen LogP contribution >= 0.6 is 23.8 Å². The third-order valence-electron chi connectivity index (χ3n) is 7.77. The van der Waals surface area contributed by atoms with Crippen molar-refractivity contribution in [1.29, 1.82) is 0 Å². The quantitative estimate of drug-likeness (QED) is 0.426. The number of fused-ring (bicyclic) bond motifs is 3. The number of benzene rings is 2. The second kappa shape index (κ2) is 8.15. The zero-order chi connectivity index (χ0) is 22.6. The first kappa shape index (κ1) is 21.2. The number of thiocarbonyl (C=S) groups is 1. The van der Waals surface area contributed by atoms with Crippen molar-refractivity contribution >= 4 is 51.3 Å². The van der Waals surface area contributed by atoms with Gasteiger partial charge in [0.2, 0.25) is 0 Å². The summed E-state index contributed by atoms with van der Waals surface area (Å²) >= 11 is 11.5. The fraction of sp³-hybridized carbons (Fsp3) is 0.370. The molecule has 4 heterocycles. The van der Waals surface area contributed by atoms with Crippen LogP contribution in [-0.2, 0) is 11.2 Å². The molecule has 0 amide bonds. The van der Waals surface area contributed by atoms with Gasteiger partial charge >= 0.3 is 0 Å². The maximum absolute atomic E-state index is 6.13. The van der Waals surface area contributed by atoms with Gasteiger partial charge in [0.1, 0.15) is 6.61 Å². The Bertz CT molecular complexity index is 1260. The number of rotatable bonds is 4. The van der Waals surface area contributed by atoms with Crippen molar-refractivity contribution in [1.82, 2.24) is 9.47 Å². The van der Waals surface area contributed by atoms with E-state index in [0.29, 0.717) is 22.8 Å². The van der Waals surface area contributed by atoms with Crippen LogP contribution in [0.15, 0.2) is 54.6 Å². The van der Waals surface area contributed by atoms with Crippen LogP contribution in [0.5, 0.6) is 0 Å². The molecule has 1 saturated heterocycles. The molecular formula is C27H28ClN3OS. The Hall–Kier alpha value is -2.34. The number of hydrogen-bond donors (Lipinski definition) is 1. The first-order valence-electron chi connectivity index (χ1n) is 11.9. The lowest BCUT2D eigenvalue weighted by molar-refractivity contribution is 0.0264. The monoisotopic (exact) mass is 477 g/mol. The summed E-state index contributed by atoms with van der Waals surface area (Å²) in [5.41, 5.74) is 6.53. The van der Waals surface area contributed by atoms with Gasteiger partial charge in [-0.1, -0.05) is 42.8 Å². The summed E-state index contributed by atoms with van der Waals surface area (Å²) in [7, 11) is 0. The van der Waals surface area contributed by atoms with Crippen LogP contribution in [0.4, 0.5) is 5.69 Å². The summed E-state index contributed by atoms with van der Waals surface area (Å²) in [4.78, 5) is 2.73. The van der Waals surface area contributed by atoms with Crippen molar-refractivity contribution in [2.24, 2.45) is 5.41 Å². The van der Waals surface area contributed by atoms with E-state index < -0.39 is 0 Å². The van der Waals surface area contributed by atoms with Crippen LogP contribution in [0.1, 0.15) is 43.5 Å². The maximum Gasteiger partial charge on any atom is 0.261 e. The highest BCUT2D eigenvalue weighted by atomic mass is 35.5. The van der Waals surface area contributed by atoms with Gasteiger partial charge in [0.05, 0.1) is 17.3 Å². The third-order valence-corrected chi connectivity index (χ3v) is 8.24. The molecule has 2 atom stereocenters. The highest BCUT2D eigenvalue weighted by molar-refractivity contribution is 7.80. The van der Waals surface area contributed by atoms with E-state index in [1.165, 1.54) is 47.2 Å². The molecule has 2 aromatic carbocycles. The second-order valence-corrected chi connectivity index (χ2v) is 10.2. The summed E-state index contributed by atoms with van der Waals surface area (Å²) in [5.74, 6) is 0. The van der Waals surface area contributed by atoms with E-state index >= 15 is 0 Å². The molecule has 0 unspecified atom stereocenters. The minimum absolute atomic E-state index is 0.154. The molecule has 6 rings (SSSR count). The van der Waals surface area contributed by atoms with Crippen molar-refractivity contribution in [2.45, 2.75) is 38.6 Å². The summed E-state index contributed by atoms with van der Waals surface area (Å²) in [6, 6.07) is 16.8. The summed E-state index contributed by atoms with van der Waals surface area (Å²) < 4.78 is 8.61. The lowest BCUT2D eigenvalue weighted by Gasteiger charge is -2.53. The van der Waals surface area contributed by atoms with Crippen LogP contribution in [0.25, 0.3) is 16.6 Å². The van der Waals surface area contributed by atoms with Gasteiger partial charge < -0.3 is 14.6 Å². The minimum atomic E-state index is 0.154. The topological polar surface area (TPSA) is 29.4 Å². The third kappa shape index (κ3) is 3.40. The predicted molar refractivity (Wildman–Crippen MR) is 140 cm³/mol. The number of halogens is 1. The molecule has 33 heavy (non-hydrogen) atoms. The van der Waals surface area contributed by atoms with Gasteiger partial charge in [-0.2, -0.15) is 0 Å². The molecule has 0 saturated carbocycles. The van der Waals surface area contributed by atoms with Crippen molar-refractivity contribution in [3.63, 3.8) is 0 Å². The van der Waals surface area contributed by atoms with Gasteiger partial charge in [-0.05, 0) is 80.3 Å². The fourth-order valence-electron chi connectivity index (χ4n) is 6.32.